The van der Waals surface area contributed by atoms with Crippen molar-refractivity contribution in [1.82, 2.24) is 0 Å². The molecule has 0 aliphatic carbocycles. The molecule has 2 amide bonds. The van der Waals surface area contributed by atoms with Gasteiger partial charge in [-0.25, -0.2) is 13.2 Å². The quantitative estimate of drug-likeness (QED) is 0.172. The molecule has 0 aliphatic rings. The average molecular weight is 582 g/mol. The van der Waals surface area contributed by atoms with Crippen LogP contribution in [0.3, 0.4) is 0 Å². The molecule has 0 aliphatic heterocycles. The van der Waals surface area contributed by atoms with E-state index in [1.165, 1.54) is 18.2 Å². The van der Waals surface area contributed by atoms with Gasteiger partial charge in [-0.15, -0.1) is 0 Å². The zero-order valence-electron chi connectivity index (χ0n) is 19.9. The van der Waals surface area contributed by atoms with Gasteiger partial charge in [-0.05, 0) is 76.1 Å². The van der Waals surface area contributed by atoms with Crippen LogP contribution in [0, 0.1) is 0 Å². The zero-order valence-corrected chi connectivity index (χ0v) is 22.3. The number of fused-ring (bicyclic) bond motifs is 2. The predicted molar refractivity (Wildman–Crippen MR) is 153 cm³/mol. The fourth-order valence-corrected chi connectivity index (χ4v) is 6.09. The van der Waals surface area contributed by atoms with Crippen molar-refractivity contribution in [3.63, 3.8) is 0 Å². The molecule has 5 rings (SSSR count). The lowest BCUT2D eigenvalue weighted by Crippen LogP contribution is -2.19. The second-order valence-corrected chi connectivity index (χ2v) is 12.1. The smallest absolute Gasteiger partial charge is 0.308 e. The maximum atomic E-state index is 13.0. The van der Waals surface area contributed by atoms with Gasteiger partial charge in [0.2, 0.25) is 0 Å². The van der Waals surface area contributed by atoms with Crippen molar-refractivity contribution < 1.29 is 26.2 Å². The van der Waals surface area contributed by atoms with Crippen LogP contribution in [-0.4, -0.2) is 27.4 Å². The Morgan fingerprint density at radius 3 is 1.87 bits per heavy atom. The molecule has 198 valence electrons. The van der Waals surface area contributed by atoms with Crippen molar-refractivity contribution in [3.05, 3.63) is 102 Å². The van der Waals surface area contributed by atoms with Crippen molar-refractivity contribution in [2.75, 3.05) is 15.4 Å². The molecule has 39 heavy (non-hydrogen) atoms. The third kappa shape index (κ3) is 5.96. The monoisotopic (exact) mass is 581 g/mol. The van der Waals surface area contributed by atoms with Gasteiger partial charge in [0.1, 0.15) is 4.90 Å². The van der Waals surface area contributed by atoms with Crippen LogP contribution in [0.1, 0.15) is 0 Å². The SMILES string of the molecule is O=C(Nc1ccc2ccccc2c1)Nc1ccc2ccc(S(=O)(=O)Nc3ccc(Cl)c(S(=O)(=O)O)c3)cc2c1. The van der Waals surface area contributed by atoms with Crippen LogP contribution in [0.2, 0.25) is 5.02 Å². The molecule has 0 fully saturated rings. The van der Waals surface area contributed by atoms with Gasteiger partial charge < -0.3 is 10.6 Å². The van der Waals surface area contributed by atoms with E-state index >= 15 is 0 Å². The summed E-state index contributed by atoms with van der Waals surface area (Å²) in [7, 11) is -8.80. The Morgan fingerprint density at radius 1 is 0.641 bits per heavy atom. The molecule has 0 radical (unpaired) electrons. The van der Waals surface area contributed by atoms with E-state index in [1.807, 2.05) is 36.4 Å². The first kappa shape index (κ1) is 26.4. The number of benzene rings is 5. The molecular formula is C27H20ClN3O6S2. The molecule has 0 aromatic heterocycles. The largest absolute Gasteiger partial charge is 0.323 e. The maximum absolute atomic E-state index is 13.0. The molecule has 0 spiro atoms. The van der Waals surface area contributed by atoms with Crippen LogP contribution in [-0.2, 0) is 20.1 Å². The molecule has 0 bridgehead atoms. The van der Waals surface area contributed by atoms with Crippen molar-refractivity contribution >= 4 is 76.4 Å². The van der Waals surface area contributed by atoms with Crippen LogP contribution in [0.4, 0.5) is 21.9 Å². The van der Waals surface area contributed by atoms with Gasteiger partial charge in [0.15, 0.2) is 0 Å². The number of hydrogen-bond acceptors (Lipinski definition) is 5. The summed E-state index contributed by atoms with van der Waals surface area (Å²) in [4.78, 5) is 11.9. The average Bonchev–Trinajstić information content (AvgIpc) is 2.88. The van der Waals surface area contributed by atoms with Gasteiger partial charge in [0.25, 0.3) is 20.1 Å². The van der Waals surface area contributed by atoms with E-state index in [-0.39, 0.29) is 15.6 Å². The first-order valence-electron chi connectivity index (χ1n) is 11.4. The molecule has 12 heteroatoms. The van der Waals surface area contributed by atoms with Gasteiger partial charge in [-0.3, -0.25) is 9.27 Å². The number of sulfonamides is 1. The molecule has 0 heterocycles. The van der Waals surface area contributed by atoms with Crippen LogP contribution in [0.25, 0.3) is 21.5 Å². The van der Waals surface area contributed by atoms with E-state index in [1.54, 1.807) is 30.3 Å². The van der Waals surface area contributed by atoms with E-state index < -0.39 is 31.1 Å². The number of carbonyl (C=O) groups is 1. The van der Waals surface area contributed by atoms with Crippen LogP contribution in [0.5, 0.6) is 0 Å². The molecular weight excluding hydrogens is 562 g/mol. The van der Waals surface area contributed by atoms with Crippen molar-refractivity contribution in [3.8, 4) is 0 Å². The third-order valence-corrected chi connectivity index (χ3v) is 8.56. The number of hydrogen-bond donors (Lipinski definition) is 4. The molecule has 4 N–H and O–H groups in total. The third-order valence-electron chi connectivity index (χ3n) is 5.85. The van der Waals surface area contributed by atoms with Gasteiger partial charge >= 0.3 is 6.03 Å². The highest BCUT2D eigenvalue weighted by molar-refractivity contribution is 7.92. The summed E-state index contributed by atoms with van der Waals surface area (Å²) in [6.07, 6.45) is 0. The normalized spacial score (nSPS) is 11.8. The highest BCUT2D eigenvalue weighted by atomic mass is 35.5. The lowest BCUT2D eigenvalue weighted by molar-refractivity contribution is 0.262. The summed E-state index contributed by atoms with van der Waals surface area (Å²) in [6, 6.07) is 25.7. The number of amides is 2. The molecule has 0 atom stereocenters. The minimum Gasteiger partial charge on any atom is -0.308 e. The second kappa shape index (κ2) is 10.2. The molecule has 5 aromatic carbocycles. The lowest BCUT2D eigenvalue weighted by atomic mass is 10.1. The molecule has 5 aromatic rings. The summed E-state index contributed by atoms with van der Waals surface area (Å²) in [5.41, 5.74) is 0.956. The minimum absolute atomic E-state index is 0.101. The summed E-state index contributed by atoms with van der Waals surface area (Å²) in [5.74, 6) is 0. The summed E-state index contributed by atoms with van der Waals surface area (Å²) >= 11 is 5.80. The first-order chi connectivity index (χ1) is 18.5. The Bertz CT molecular complexity index is 1980. The Kier molecular flexibility index (Phi) is 6.91. The molecule has 9 nitrogen and oxygen atoms in total. The topological polar surface area (TPSA) is 142 Å². The molecule has 0 saturated heterocycles. The molecule has 0 unspecified atom stereocenters. The van der Waals surface area contributed by atoms with Gasteiger partial charge in [0, 0.05) is 11.4 Å². The fourth-order valence-electron chi connectivity index (χ4n) is 4.01. The predicted octanol–water partition coefficient (Wildman–Crippen LogP) is 6.34. The van der Waals surface area contributed by atoms with Gasteiger partial charge in [-0.2, -0.15) is 8.42 Å². The Labute approximate surface area is 229 Å². The number of halogens is 1. The number of anilines is 3. The minimum atomic E-state index is -4.66. The highest BCUT2D eigenvalue weighted by Crippen LogP contribution is 2.28. The van der Waals surface area contributed by atoms with Gasteiger partial charge in [0.05, 0.1) is 15.6 Å². The van der Waals surface area contributed by atoms with Crippen molar-refractivity contribution in [1.29, 1.82) is 0 Å². The fraction of sp³-hybridized carbons (Fsp3) is 0. The summed E-state index contributed by atoms with van der Waals surface area (Å²) < 4.78 is 60.7. The van der Waals surface area contributed by atoms with E-state index in [0.717, 1.165) is 28.3 Å². The van der Waals surface area contributed by atoms with Crippen LogP contribution in [0.15, 0.2) is 107 Å². The van der Waals surface area contributed by atoms with Crippen molar-refractivity contribution in [2.45, 2.75) is 9.79 Å². The van der Waals surface area contributed by atoms with Gasteiger partial charge in [-0.1, -0.05) is 54.1 Å². The highest BCUT2D eigenvalue weighted by Gasteiger charge is 2.19. The summed E-state index contributed by atoms with van der Waals surface area (Å²) in [5, 5.41) is 8.58. The van der Waals surface area contributed by atoms with E-state index in [2.05, 4.69) is 15.4 Å². The standard InChI is InChI=1S/C27H20ClN3O6S2/c28-25-12-10-23(16-26(25)39(35,36)37)31-38(33,34)24-11-7-18-6-9-22(14-20(18)15-24)30-27(32)29-21-8-5-17-3-1-2-4-19(17)13-21/h1-16,31H,(H2,29,30,32)(H,35,36,37). The van der Waals surface area contributed by atoms with E-state index in [9.17, 15) is 26.2 Å². The second-order valence-electron chi connectivity index (χ2n) is 8.59. The molecule has 0 saturated carbocycles. The summed E-state index contributed by atoms with van der Waals surface area (Å²) in [6.45, 7) is 0. The number of nitrogens with one attached hydrogen (secondary N) is 3. The number of carbonyl (C=O) groups excluding carboxylic acids is 1. The Morgan fingerprint density at radius 2 is 1.21 bits per heavy atom. The Balaban J connectivity index is 1.36. The maximum Gasteiger partial charge on any atom is 0.323 e. The Hall–Kier alpha value is -4.16. The number of urea groups is 1. The number of rotatable bonds is 6. The van der Waals surface area contributed by atoms with Crippen molar-refractivity contribution in [2.24, 2.45) is 0 Å². The zero-order chi connectivity index (χ0) is 27.8. The van der Waals surface area contributed by atoms with Crippen LogP contribution < -0.4 is 15.4 Å². The van der Waals surface area contributed by atoms with Crippen LogP contribution >= 0.6 is 11.6 Å². The lowest BCUT2D eigenvalue weighted by Gasteiger charge is -2.12. The van der Waals surface area contributed by atoms with E-state index in [0.29, 0.717) is 16.8 Å². The van der Waals surface area contributed by atoms with E-state index in [4.69, 9.17) is 11.6 Å². The first-order valence-corrected chi connectivity index (χ1v) is 14.7.